The Morgan fingerprint density at radius 3 is 2.44 bits per heavy atom. The minimum Gasteiger partial charge on any atom is -0.494 e. The molecule has 134 valence electrons. The largest absolute Gasteiger partial charge is 0.494 e. The molecule has 3 rings (SSSR count). The Morgan fingerprint density at radius 2 is 1.76 bits per heavy atom. The van der Waals surface area contributed by atoms with E-state index in [0.29, 0.717) is 5.88 Å². The number of ether oxygens (including phenoxy) is 2. The minimum absolute atomic E-state index is 0.648. The third-order valence-electron chi connectivity index (χ3n) is 4.77. The van der Waals surface area contributed by atoms with E-state index in [2.05, 4.69) is 28.1 Å². The zero-order valence-electron chi connectivity index (χ0n) is 15.3. The quantitative estimate of drug-likeness (QED) is 0.703. The first-order chi connectivity index (χ1) is 12.3. The molecule has 25 heavy (non-hydrogen) atoms. The maximum Gasteiger partial charge on any atom is 0.213 e. The molecule has 0 bridgehead atoms. The van der Waals surface area contributed by atoms with Crippen LogP contribution in [0, 0.1) is 6.92 Å². The average molecular weight is 340 g/mol. The molecule has 1 aliphatic rings. The summed E-state index contributed by atoms with van der Waals surface area (Å²) in [5, 5.41) is 0. The summed E-state index contributed by atoms with van der Waals surface area (Å²) in [6, 6.07) is 12.2. The molecule has 1 fully saturated rings. The fraction of sp³-hybridized carbons (Fsp3) is 0.476. The van der Waals surface area contributed by atoms with E-state index < -0.39 is 0 Å². The van der Waals surface area contributed by atoms with E-state index in [0.717, 1.165) is 42.1 Å². The topological polar surface area (TPSA) is 34.6 Å². The Morgan fingerprint density at radius 1 is 1.00 bits per heavy atom. The van der Waals surface area contributed by atoms with E-state index >= 15 is 0 Å². The third kappa shape index (κ3) is 4.95. The molecular formula is C21H28N2O2. The lowest BCUT2D eigenvalue weighted by molar-refractivity contribution is 0.205. The number of pyridine rings is 1. The van der Waals surface area contributed by atoms with E-state index in [-0.39, 0.29) is 0 Å². The second-order valence-corrected chi connectivity index (χ2v) is 6.62. The van der Waals surface area contributed by atoms with Crippen molar-refractivity contribution in [3.8, 4) is 22.8 Å². The van der Waals surface area contributed by atoms with Crippen LogP contribution in [0.5, 0.6) is 11.6 Å². The molecule has 1 saturated heterocycles. The number of methoxy groups -OCH3 is 1. The SMILES string of the molecule is COc1ccc(-c2ccc(OCCCN3CCCCC3)cc2)c(C)n1. The van der Waals surface area contributed by atoms with Crippen molar-refractivity contribution in [1.82, 2.24) is 9.88 Å². The van der Waals surface area contributed by atoms with Gasteiger partial charge in [0.2, 0.25) is 5.88 Å². The second kappa shape index (κ2) is 8.86. The summed E-state index contributed by atoms with van der Waals surface area (Å²) < 4.78 is 11.1. The van der Waals surface area contributed by atoms with Crippen LogP contribution in [0.1, 0.15) is 31.4 Å². The van der Waals surface area contributed by atoms with Crippen LogP contribution in [0.25, 0.3) is 11.1 Å². The van der Waals surface area contributed by atoms with Gasteiger partial charge in [0, 0.05) is 23.9 Å². The summed E-state index contributed by atoms with van der Waals surface area (Å²) in [6.07, 6.45) is 5.18. The van der Waals surface area contributed by atoms with Gasteiger partial charge in [0.1, 0.15) is 5.75 Å². The maximum absolute atomic E-state index is 5.89. The predicted molar refractivity (Wildman–Crippen MR) is 101 cm³/mol. The fourth-order valence-corrected chi connectivity index (χ4v) is 3.35. The van der Waals surface area contributed by atoms with Crippen molar-refractivity contribution in [2.45, 2.75) is 32.6 Å². The lowest BCUT2D eigenvalue weighted by atomic mass is 10.0. The van der Waals surface area contributed by atoms with Crippen molar-refractivity contribution in [2.75, 3.05) is 33.4 Å². The van der Waals surface area contributed by atoms with Gasteiger partial charge in [0.05, 0.1) is 13.7 Å². The molecule has 4 nitrogen and oxygen atoms in total. The summed E-state index contributed by atoms with van der Waals surface area (Å²) in [5.41, 5.74) is 3.24. The lowest BCUT2D eigenvalue weighted by Crippen LogP contribution is -2.31. The zero-order valence-corrected chi connectivity index (χ0v) is 15.3. The van der Waals surface area contributed by atoms with E-state index in [1.807, 2.05) is 25.1 Å². The molecule has 0 spiro atoms. The number of hydrogen-bond donors (Lipinski definition) is 0. The average Bonchev–Trinajstić information content (AvgIpc) is 2.66. The van der Waals surface area contributed by atoms with Gasteiger partial charge in [-0.05, 0) is 63.0 Å². The standard InChI is InChI=1S/C21H28N2O2/c1-17-20(11-12-21(22-17)24-2)18-7-9-19(10-8-18)25-16-6-15-23-13-4-3-5-14-23/h7-12H,3-6,13-16H2,1-2H3. The summed E-state index contributed by atoms with van der Waals surface area (Å²) in [5.74, 6) is 1.58. The van der Waals surface area contributed by atoms with Crippen LogP contribution >= 0.6 is 0 Å². The number of piperidine rings is 1. The minimum atomic E-state index is 0.648. The number of rotatable bonds is 7. The molecule has 0 aliphatic carbocycles. The second-order valence-electron chi connectivity index (χ2n) is 6.62. The van der Waals surface area contributed by atoms with Crippen molar-refractivity contribution >= 4 is 0 Å². The lowest BCUT2D eigenvalue weighted by Gasteiger charge is -2.26. The summed E-state index contributed by atoms with van der Waals surface area (Å²) >= 11 is 0. The first kappa shape index (κ1) is 17.7. The van der Waals surface area contributed by atoms with E-state index in [1.165, 1.54) is 32.4 Å². The van der Waals surface area contributed by atoms with E-state index in [1.54, 1.807) is 7.11 Å². The number of aromatic nitrogens is 1. The molecule has 0 amide bonds. The molecule has 0 saturated carbocycles. The maximum atomic E-state index is 5.89. The van der Waals surface area contributed by atoms with Crippen LogP contribution in [0.4, 0.5) is 0 Å². The highest BCUT2D eigenvalue weighted by molar-refractivity contribution is 5.66. The van der Waals surface area contributed by atoms with Gasteiger partial charge in [-0.15, -0.1) is 0 Å². The van der Waals surface area contributed by atoms with Gasteiger partial charge in [0.25, 0.3) is 0 Å². The molecule has 0 unspecified atom stereocenters. The van der Waals surface area contributed by atoms with Gasteiger partial charge in [-0.25, -0.2) is 4.98 Å². The molecule has 0 radical (unpaired) electrons. The molecule has 0 N–H and O–H groups in total. The molecule has 0 atom stereocenters. The Balaban J connectivity index is 1.50. The molecule has 4 heteroatoms. The fourth-order valence-electron chi connectivity index (χ4n) is 3.35. The summed E-state index contributed by atoms with van der Waals surface area (Å²) in [7, 11) is 1.64. The Hall–Kier alpha value is -2.07. The molecule has 1 aliphatic heterocycles. The number of hydrogen-bond acceptors (Lipinski definition) is 4. The van der Waals surface area contributed by atoms with Crippen molar-refractivity contribution in [3.05, 3.63) is 42.1 Å². The number of aryl methyl sites for hydroxylation is 1. The van der Waals surface area contributed by atoms with Gasteiger partial charge < -0.3 is 14.4 Å². The highest BCUT2D eigenvalue weighted by Crippen LogP contribution is 2.26. The monoisotopic (exact) mass is 340 g/mol. The highest BCUT2D eigenvalue weighted by atomic mass is 16.5. The normalized spacial score (nSPS) is 15.1. The van der Waals surface area contributed by atoms with Crippen LogP contribution in [0.3, 0.4) is 0 Å². The molecule has 1 aromatic heterocycles. The van der Waals surface area contributed by atoms with Gasteiger partial charge in [0.15, 0.2) is 0 Å². The number of likely N-dealkylation sites (tertiary alicyclic amines) is 1. The zero-order chi connectivity index (χ0) is 17.5. The van der Waals surface area contributed by atoms with Crippen LogP contribution in [0.2, 0.25) is 0 Å². The van der Waals surface area contributed by atoms with Gasteiger partial charge in [-0.2, -0.15) is 0 Å². The van der Waals surface area contributed by atoms with Crippen molar-refractivity contribution < 1.29 is 9.47 Å². The molecule has 1 aromatic carbocycles. The smallest absolute Gasteiger partial charge is 0.213 e. The Kier molecular flexibility index (Phi) is 6.29. The first-order valence-electron chi connectivity index (χ1n) is 9.23. The molecular weight excluding hydrogens is 312 g/mol. The van der Waals surface area contributed by atoms with Crippen molar-refractivity contribution in [1.29, 1.82) is 0 Å². The highest BCUT2D eigenvalue weighted by Gasteiger charge is 2.09. The number of nitrogens with zero attached hydrogens (tertiary/aromatic N) is 2. The summed E-state index contributed by atoms with van der Waals surface area (Å²) in [6.45, 7) is 6.44. The molecule has 2 aromatic rings. The molecule has 2 heterocycles. The van der Waals surface area contributed by atoms with Crippen molar-refractivity contribution in [3.63, 3.8) is 0 Å². The first-order valence-corrected chi connectivity index (χ1v) is 9.23. The van der Waals surface area contributed by atoms with Crippen LogP contribution in [0.15, 0.2) is 36.4 Å². The van der Waals surface area contributed by atoms with Gasteiger partial charge in [-0.3, -0.25) is 0 Å². The third-order valence-corrected chi connectivity index (χ3v) is 4.77. The van der Waals surface area contributed by atoms with Crippen LogP contribution in [-0.2, 0) is 0 Å². The Labute approximate surface area is 150 Å². The van der Waals surface area contributed by atoms with E-state index in [4.69, 9.17) is 9.47 Å². The summed E-state index contributed by atoms with van der Waals surface area (Å²) in [4.78, 5) is 6.99. The predicted octanol–water partition coefficient (Wildman–Crippen LogP) is 4.32. The van der Waals surface area contributed by atoms with Crippen LogP contribution in [-0.4, -0.2) is 43.2 Å². The van der Waals surface area contributed by atoms with Gasteiger partial charge >= 0.3 is 0 Å². The Bertz CT molecular complexity index is 664. The van der Waals surface area contributed by atoms with Gasteiger partial charge in [-0.1, -0.05) is 18.6 Å². The number of benzene rings is 1. The van der Waals surface area contributed by atoms with Crippen LogP contribution < -0.4 is 9.47 Å². The van der Waals surface area contributed by atoms with E-state index in [9.17, 15) is 0 Å². The van der Waals surface area contributed by atoms with Crippen molar-refractivity contribution in [2.24, 2.45) is 0 Å².